The topological polar surface area (TPSA) is 65.6 Å². The van der Waals surface area contributed by atoms with Gasteiger partial charge in [0, 0.05) is 42.2 Å². The predicted octanol–water partition coefficient (Wildman–Crippen LogP) is 3.30. The van der Waals surface area contributed by atoms with Crippen LogP contribution in [0.3, 0.4) is 0 Å². The highest BCUT2D eigenvalue weighted by molar-refractivity contribution is 9.10. The second kappa shape index (κ2) is 7.73. The van der Waals surface area contributed by atoms with Crippen LogP contribution in [0.5, 0.6) is 0 Å². The summed E-state index contributed by atoms with van der Waals surface area (Å²) in [6, 6.07) is 5.82. The van der Waals surface area contributed by atoms with E-state index in [1.807, 2.05) is 39.0 Å². The molecule has 27 heavy (non-hydrogen) atoms. The second-order valence-electron chi connectivity index (χ2n) is 8.19. The average Bonchev–Trinajstić information content (AvgIpc) is 2.59. The average molecular weight is 436 g/mol. The molecule has 6 nitrogen and oxygen atoms in total. The van der Waals surface area contributed by atoms with E-state index in [9.17, 15) is 9.59 Å². The Bertz CT molecular complexity index is 903. The predicted molar refractivity (Wildman–Crippen MR) is 109 cm³/mol. The molecular weight excluding hydrogens is 410 g/mol. The summed E-state index contributed by atoms with van der Waals surface area (Å²) in [5.41, 5.74) is 0.491. The van der Waals surface area contributed by atoms with Crippen molar-refractivity contribution in [1.82, 2.24) is 14.9 Å². The molecule has 7 heteroatoms. The Labute approximate surface area is 167 Å². The van der Waals surface area contributed by atoms with Gasteiger partial charge in [0.25, 0.3) is 5.56 Å². The number of nitrogens with zero attached hydrogens (tertiary/aromatic N) is 2. The summed E-state index contributed by atoms with van der Waals surface area (Å²) in [5, 5.41) is 3.44. The molecule has 0 amide bonds. The highest BCUT2D eigenvalue weighted by Gasteiger charge is 2.31. The summed E-state index contributed by atoms with van der Waals surface area (Å²) in [4.78, 5) is 35.0. The maximum Gasteiger partial charge on any atom is 0.330 e. The van der Waals surface area contributed by atoms with Crippen molar-refractivity contribution in [3.8, 4) is 0 Å². The number of fused-ring (bicyclic) bond motifs is 1. The van der Waals surface area contributed by atoms with Crippen LogP contribution in [-0.2, 0) is 16.2 Å². The molecule has 0 bridgehead atoms. The lowest BCUT2D eigenvalue weighted by atomic mass is 9.98. The zero-order valence-corrected chi connectivity index (χ0v) is 17.8. The molecule has 3 rings (SSSR count). The minimum atomic E-state index is -0.515. The Hall–Kier alpha value is -1.70. The third-order valence-electron chi connectivity index (χ3n) is 4.81. The fourth-order valence-corrected chi connectivity index (χ4v) is 3.56. The van der Waals surface area contributed by atoms with E-state index >= 15 is 0 Å². The lowest BCUT2D eigenvalue weighted by molar-refractivity contribution is -0.219. The number of halogens is 1. The number of rotatable bonds is 3. The van der Waals surface area contributed by atoms with Crippen molar-refractivity contribution >= 4 is 32.7 Å². The van der Waals surface area contributed by atoms with Gasteiger partial charge in [0.2, 0.25) is 0 Å². The first-order chi connectivity index (χ1) is 12.6. The number of aromatic amines is 1. The van der Waals surface area contributed by atoms with Crippen molar-refractivity contribution in [2.45, 2.75) is 40.3 Å². The van der Waals surface area contributed by atoms with Gasteiger partial charge in [0.1, 0.15) is 0 Å². The number of pyridine rings is 1. The lowest BCUT2D eigenvalue weighted by Crippen LogP contribution is -2.52. The van der Waals surface area contributed by atoms with Gasteiger partial charge in [-0.25, -0.2) is 4.79 Å². The summed E-state index contributed by atoms with van der Waals surface area (Å²) in [6.07, 6.45) is 1.80. The van der Waals surface area contributed by atoms with E-state index in [0.29, 0.717) is 11.9 Å². The van der Waals surface area contributed by atoms with E-state index in [-0.39, 0.29) is 17.6 Å². The van der Waals surface area contributed by atoms with Crippen LogP contribution in [0, 0.1) is 5.41 Å². The van der Waals surface area contributed by atoms with Crippen LogP contribution < -0.4 is 5.56 Å². The zero-order valence-electron chi connectivity index (χ0n) is 16.2. The number of piperazine rings is 1. The smallest absolute Gasteiger partial charge is 0.330 e. The molecule has 1 aromatic carbocycles. The Morgan fingerprint density at radius 1 is 1.30 bits per heavy atom. The van der Waals surface area contributed by atoms with Crippen LogP contribution in [-0.4, -0.2) is 46.6 Å². The summed E-state index contributed by atoms with van der Waals surface area (Å²) >= 11 is 3.49. The van der Waals surface area contributed by atoms with Crippen molar-refractivity contribution in [3.63, 3.8) is 0 Å². The molecular formula is C20H26BrN3O3. The van der Waals surface area contributed by atoms with Crippen molar-refractivity contribution < 1.29 is 9.63 Å². The molecule has 1 saturated heterocycles. The van der Waals surface area contributed by atoms with Crippen molar-refractivity contribution in [3.05, 3.63) is 44.8 Å². The normalized spacial score (nSPS) is 19.4. The molecule has 1 aliphatic heterocycles. The first-order valence-corrected chi connectivity index (χ1v) is 9.95. The van der Waals surface area contributed by atoms with E-state index < -0.39 is 5.41 Å². The van der Waals surface area contributed by atoms with Gasteiger partial charge in [0.05, 0.1) is 11.5 Å². The molecule has 1 aliphatic rings. The third-order valence-corrected chi connectivity index (χ3v) is 5.30. The number of aromatic nitrogens is 1. The minimum Gasteiger partial charge on any atom is -0.367 e. The zero-order chi connectivity index (χ0) is 19.8. The minimum absolute atomic E-state index is 0.0754. The molecule has 2 aromatic rings. The molecule has 1 N–H and O–H groups in total. The van der Waals surface area contributed by atoms with Crippen LogP contribution in [0.4, 0.5) is 0 Å². The van der Waals surface area contributed by atoms with Crippen LogP contribution in [0.2, 0.25) is 0 Å². The monoisotopic (exact) mass is 435 g/mol. The van der Waals surface area contributed by atoms with Crippen LogP contribution in [0.25, 0.3) is 10.8 Å². The van der Waals surface area contributed by atoms with Crippen molar-refractivity contribution in [2.75, 3.05) is 19.6 Å². The maximum atomic E-state index is 12.1. The number of hydrogen-bond donors (Lipinski definition) is 1. The van der Waals surface area contributed by atoms with E-state index in [2.05, 4.69) is 32.7 Å². The van der Waals surface area contributed by atoms with Gasteiger partial charge in [0.15, 0.2) is 0 Å². The molecule has 0 spiro atoms. The number of carbonyl (C=O) groups excluding carboxylic acids is 1. The first kappa shape index (κ1) is 20.0. The van der Waals surface area contributed by atoms with Crippen molar-refractivity contribution in [1.29, 1.82) is 0 Å². The molecule has 0 aliphatic carbocycles. The molecule has 146 valence electrons. The number of hydroxylamine groups is 2. The Morgan fingerprint density at radius 2 is 2.04 bits per heavy atom. The SMILES string of the molecule is C[C@H]1CN(Cc2c[nH]c(=O)c3ccc(Br)cc23)CCN1OC(=O)C(C)(C)C. The maximum absolute atomic E-state index is 12.1. The van der Waals surface area contributed by atoms with Gasteiger partial charge in [-0.3, -0.25) is 9.69 Å². The van der Waals surface area contributed by atoms with E-state index in [1.54, 1.807) is 11.3 Å². The Morgan fingerprint density at radius 3 is 2.70 bits per heavy atom. The summed E-state index contributed by atoms with van der Waals surface area (Å²) in [6.45, 7) is 10.6. The largest absolute Gasteiger partial charge is 0.367 e. The second-order valence-corrected chi connectivity index (χ2v) is 9.10. The summed E-state index contributed by atoms with van der Waals surface area (Å²) in [7, 11) is 0. The van der Waals surface area contributed by atoms with Gasteiger partial charge >= 0.3 is 5.97 Å². The molecule has 1 fully saturated rings. The third kappa shape index (κ3) is 4.59. The molecule has 0 unspecified atom stereocenters. The lowest BCUT2D eigenvalue weighted by Gasteiger charge is -2.39. The van der Waals surface area contributed by atoms with Crippen molar-refractivity contribution in [2.24, 2.45) is 5.41 Å². The Kier molecular flexibility index (Phi) is 5.74. The van der Waals surface area contributed by atoms with Crippen LogP contribution in [0.1, 0.15) is 33.3 Å². The molecule has 1 atom stereocenters. The number of hydrogen-bond acceptors (Lipinski definition) is 5. The van der Waals surface area contributed by atoms with Gasteiger partial charge in [-0.2, -0.15) is 0 Å². The highest BCUT2D eigenvalue weighted by atomic mass is 79.9. The Balaban J connectivity index is 1.71. The number of carbonyl (C=O) groups is 1. The quantitative estimate of drug-likeness (QED) is 0.800. The fourth-order valence-electron chi connectivity index (χ4n) is 3.20. The van der Waals surface area contributed by atoms with Crippen LogP contribution >= 0.6 is 15.9 Å². The van der Waals surface area contributed by atoms with Gasteiger partial charge in [-0.1, -0.05) is 15.9 Å². The molecule has 1 aromatic heterocycles. The molecule has 0 radical (unpaired) electrons. The summed E-state index contributed by atoms with van der Waals surface area (Å²) < 4.78 is 0.953. The highest BCUT2D eigenvalue weighted by Crippen LogP contribution is 2.23. The first-order valence-electron chi connectivity index (χ1n) is 9.16. The molecule has 2 heterocycles. The van der Waals surface area contributed by atoms with Gasteiger partial charge in [-0.05, 0) is 56.8 Å². The number of benzene rings is 1. The van der Waals surface area contributed by atoms with Gasteiger partial charge < -0.3 is 9.82 Å². The number of nitrogens with one attached hydrogen (secondary N) is 1. The van der Waals surface area contributed by atoms with Gasteiger partial charge in [-0.15, -0.1) is 5.06 Å². The van der Waals surface area contributed by atoms with E-state index in [1.165, 1.54) is 0 Å². The van der Waals surface area contributed by atoms with E-state index in [0.717, 1.165) is 35.1 Å². The fraction of sp³-hybridized carbons (Fsp3) is 0.500. The standard InChI is InChI=1S/C20H26BrN3O3/c1-13-11-23(7-8-24(13)27-19(26)20(2,3)4)12-14-10-22-18(25)16-6-5-15(21)9-17(14)16/h5-6,9-10,13H,7-8,11-12H2,1-4H3,(H,22,25)/t13-/m0/s1. The van der Waals surface area contributed by atoms with E-state index in [4.69, 9.17) is 4.84 Å². The summed E-state index contributed by atoms with van der Waals surface area (Å²) in [5.74, 6) is -0.209. The number of H-pyrrole nitrogens is 1. The molecule has 0 saturated carbocycles. The van der Waals surface area contributed by atoms with Crippen LogP contribution in [0.15, 0.2) is 33.7 Å².